The van der Waals surface area contributed by atoms with Gasteiger partial charge in [0.1, 0.15) is 41.0 Å². The lowest BCUT2D eigenvalue weighted by Gasteiger charge is -2.25. The highest BCUT2D eigenvalue weighted by Gasteiger charge is 2.33. The molecule has 2 fully saturated rings. The number of benzene rings is 2. The molecule has 13 heteroatoms. The Morgan fingerprint density at radius 3 is 2.80 bits per heavy atom. The van der Waals surface area contributed by atoms with Gasteiger partial charge >= 0.3 is 0 Å². The number of rotatable bonds is 7. The van der Waals surface area contributed by atoms with E-state index in [1.807, 2.05) is 0 Å². The van der Waals surface area contributed by atoms with Crippen molar-refractivity contribution in [2.24, 2.45) is 5.92 Å². The van der Waals surface area contributed by atoms with Crippen LogP contribution in [0.5, 0.6) is 11.5 Å². The van der Waals surface area contributed by atoms with Crippen LogP contribution in [-0.4, -0.2) is 56.2 Å². The summed E-state index contributed by atoms with van der Waals surface area (Å²) >= 11 is 0. The van der Waals surface area contributed by atoms with Gasteiger partial charge < -0.3 is 20.7 Å². The van der Waals surface area contributed by atoms with E-state index in [1.54, 1.807) is 15.7 Å². The fourth-order valence-electron chi connectivity index (χ4n) is 5.85. The van der Waals surface area contributed by atoms with Gasteiger partial charge in [0.2, 0.25) is 5.82 Å². The quantitative estimate of drug-likeness (QED) is 0.229. The summed E-state index contributed by atoms with van der Waals surface area (Å²) in [5.74, 6) is -3.55. The molecule has 2 saturated heterocycles. The van der Waals surface area contributed by atoms with Crippen LogP contribution in [0.3, 0.4) is 0 Å². The molecule has 2 atom stereocenters. The van der Waals surface area contributed by atoms with Gasteiger partial charge in [0, 0.05) is 24.7 Å². The van der Waals surface area contributed by atoms with E-state index in [-0.39, 0.29) is 58.6 Å². The van der Waals surface area contributed by atoms with Crippen molar-refractivity contribution < 1.29 is 22.7 Å². The van der Waals surface area contributed by atoms with Crippen LogP contribution < -0.4 is 15.8 Å². The number of fused-ring (bicyclic) bond motifs is 1. The first-order valence-electron chi connectivity index (χ1n) is 14.4. The molecule has 1 amide bonds. The lowest BCUT2D eigenvalue weighted by molar-refractivity contribution is -0.127. The smallest absolute Gasteiger partial charge is 0.264 e. The van der Waals surface area contributed by atoms with Crippen molar-refractivity contribution in [1.29, 1.82) is 5.26 Å². The predicted molar refractivity (Wildman–Crippen MR) is 156 cm³/mol. The summed E-state index contributed by atoms with van der Waals surface area (Å²) in [7, 11) is 0. The van der Waals surface area contributed by atoms with E-state index in [0.717, 1.165) is 44.5 Å². The number of nitrogens with two attached hydrogens (primary N) is 1. The molecule has 3 N–H and O–H groups in total. The lowest BCUT2D eigenvalue weighted by Crippen LogP contribution is -2.39. The van der Waals surface area contributed by atoms with Crippen molar-refractivity contribution in [3.63, 3.8) is 0 Å². The van der Waals surface area contributed by atoms with Gasteiger partial charge in [-0.25, -0.2) is 23.4 Å². The zero-order valence-corrected chi connectivity index (χ0v) is 23.6. The van der Waals surface area contributed by atoms with Gasteiger partial charge in [0.25, 0.3) is 5.91 Å². The fourth-order valence-corrected chi connectivity index (χ4v) is 5.85. The van der Waals surface area contributed by atoms with Gasteiger partial charge in [0.15, 0.2) is 17.2 Å². The molecule has 0 radical (unpaired) electrons. The Hall–Kier alpha value is -4.96. The Balaban J connectivity index is 1.29. The minimum absolute atomic E-state index is 0.0471. The number of nitrogens with zero attached hydrogens (tertiary/aromatic N) is 6. The molecule has 0 aliphatic carbocycles. The molecule has 6 rings (SSSR count). The van der Waals surface area contributed by atoms with E-state index in [4.69, 9.17) is 10.5 Å². The van der Waals surface area contributed by atoms with Crippen molar-refractivity contribution in [2.45, 2.75) is 38.3 Å². The highest BCUT2D eigenvalue weighted by Crippen LogP contribution is 2.35. The fraction of sp³-hybridized carbons (Fsp3) is 0.323. The summed E-state index contributed by atoms with van der Waals surface area (Å²) in [4.78, 5) is 23.6. The summed E-state index contributed by atoms with van der Waals surface area (Å²) in [5.41, 5.74) is 6.94. The van der Waals surface area contributed by atoms with Gasteiger partial charge in [-0.1, -0.05) is 12.1 Å². The molecule has 1 unspecified atom stereocenters. The maximum absolute atomic E-state index is 15.5. The monoisotopic (exact) mass is 602 g/mol. The maximum Gasteiger partial charge on any atom is 0.264 e. The molecule has 226 valence electrons. The Labute approximate surface area is 250 Å². The first kappa shape index (κ1) is 29.1. The van der Waals surface area contributed by atoms with Crippen LogP contribution in [0.1, 0.15) is 25.7 Å². The van der Waals surface area contributed by atoms with Crippen LogP contribution in [0.4, 0.5) is 19.0 Å². The van der Waals surface area contributed by atoms with E-state index in [2.05, 4.69) is 26.5 Å². The molecule has 2 aromatic heterocycles. The number of amides is 1. The zero-order valence-electron chi connectivity index (χ0n) is 23.6. The largest absolute Gasteiger partial charge is 0.454 e. The predicted octanol–water partition coefficient (Wildman–Crippen LogP) is 4.73. The number of ether oxygens (including phenoxy) is 1. The van der Waals surface area contributed by atoms with Crippen LogP contribution in [0, 0.1) is 34.7 Å². The zero-order chi connectivity index (χ0) is 30.8. The Kier molecular flexibility index (Phi) is 8.17. The second-order valence-electron chi connectivity index (χ2n) is 10.9. The number of anilines is 1. The number of carbonyl (C=O) groups excluding carboxylic acids is 1. The average Bonchev–Trinajstić information content (AvgIpc) is 3.64. The highest BCUT2D eigenvalue weighted by atomic mass is 19.2. The summed E-state index contributed by atoms with van der Waals surface area (Å²) in [5, 5.41) is 18.1. The maximum atomic E-state index is 15.5. The first-order chi connectivity index (χ1) is 21.3. The SMILES string of the molecule is N#CC(=CC1CCCNC1)C(=O)N1CCC[C@@H]1Cn1nc(-c2ccc(Oc3cccc(F)c3F)cc2F)c2c(N)ncnc21. The van der Waals surface area contributed by atoms with Gasteiger partial charge in [-0.2, -0.15) is 14.8 Å². The molecular formula is C31H29F3N8O2. The molecular weight excluding hydrogens is 573 g/mol. The third-order valence-corrected chi connectivity index (χ3v) is 8.01. The summed E-state index contributed by atoms with van der Waals surface area (Å²) in [6, 6.07) is 9.13. The van der Waals surface area contributed by atoms with Crippen molar-refractivity contribution >= 4 is 22.8 Å². The standard InChI is InChI=1S/C31H29F3N8O2/c32-23-6-1-7-25(27(23)34)44-21-8-9-22(24(33)13-21)28-26-29(36)38-17-39-30(26)42(40-28)16-20-5-3-11-41(20)31(43)19(14-35)12-18-4-2-10-37-15-18/h1,6-9,12-13,17-18,20,37H,2-5,10-11,15-16H2,(H2,36,38,39)/t18?,20-/m1/s1. The van der Waals surface area contributed by atoms with Crippen LogP contribution in [0.25, 0.3) is 22.3 Å². The molecule has 44 heavy (non-hydrogen) atoms. The van der Waals surface area contributed by atoms with Crippen molar-refractivity contribution in [2.75, 3.05) is 25.4 Å². The molecule has 10 nitrogen and oxygen atoms in total. The minimum Gasteiger partial charge on any atom is -0.454 e. The summed E-state index contributed by atoms with van der Waals surface area (Å²) in [6.07, 6.45) is 6.41. The Morgan fingerprint density at radius 1 is 1.16 bits per heavy atom. The third kappa shape index (κ3) is 5.68. The van der Waals surface area contributed by atoms with Gasteiger partial charge in [-0.3, -0.25) is 4.79 Å². The number of piperidine rings is 1. The summed E-state index contributed by atoms with van der Waals surface area (Å²) < 4.78 is 50.1. The van der Waals surface area contributed by atoms with E-state index < -0.39 is 17.5 Å². The van der Waals surface area contributed by atoms with Gasteiger partial charge in [-0.05, 0) is 62.4 Å². The number of halogens is 3. The number of hydrogen-bond donors (Lipinski definition) is 2. The number of hydrogen-bond acceptors (Lipinski definition) is 8. The number of aromatic nitrogens is 4. The number of nitriles is 1. The normalized spacial score (nSPS) is 18.9. The van der Waals surface area contributed by atoms with Crippen LogP contribution >= 0.6 is 0 Å². The molecule has 0 bridgehead atoms. The van der Waals surface area contributed by atoms with Crippen LogP contribution in [-0.2, 0) is 11.3 Å². The molecule has 2 aliphatic rings. The first-order valence-corrected chi connectivity index (χ1v) is 14.4. The molecule has 4 heterocycles. The average molecular weight is 603 g/mol. The number of carbonyl (C=O) groups is 1. The van der Waals surface area contributed by atoms with Crippen LogP contribution in [0.15, 0.2) is 54.4 Å². The highest BCUT2D eigenvalue weighted by molar-refractivity contribution is 5.99. The van der Waals surface area contributed by atoms with E-state index in [1.165, 1.54) is 30.6 Å². The topological polar surface area (TPSA) is 135 Å². The van der Waals surface area contributed by atoms with Crippen LogP contribution in [0.2, 0.25) is 0 Å². The molecule has 0 saturated carbocycles. The number of nitrogens with one attached hydrogen (secondary N) is 1. The Morgan fingerprint density at radius 2 is 2.02 bits per heavy atom. The molecule has 4 aromatic rings. The second-order valence-corrected chi connectivity index (χ2v) is 10.9. The molecule has 0 spiro atoms. The number of nitrogen functional groups attached to an aromatic ring is 1. The number of likely N-dealkylation sites (tertiary alicyclic amines) is 1. The van der Waals surface area contributed by atoms with E-state index in [9.17, 15) is 18.8 Å². The molecule has 2 aromatic carbocycles. The lowest BCUT2D eigenvalue weighted by atomic mass is 9.96. The second kappa shape index (κ2) is 12.3. The third-order valence-electron chi connectivity index (χ3n) is 8.01. The van der Waals surface area contributed by atoms with Crippen molar-refractivity contribution in [3.8, 4) is 28.8 Å². The van der Waals surface area contributed by atoms with Crippen molar-refractivity contribution in [3.05, 3.63) is 71.8 Å². The Bertz CT molecular complexity index is 1790. The van der Waals surface area contributed by atoms with Gasteiger partial charge in [-0.15, -0.1) is 0 Å². The molecule has 2 aliphatic heterocycles. The van der Waals surface area contributed by atoms with E-state index in [0.29, 0.717) is 24.0 Å². The summed E-state index contributed by atoms with van der Waals surface area (Å²) in [6.45, 7) is 2.40. The van der Waals surface area contributed by atoms with Gasteiger partial charge in [0.05, 0.1) is 18.0 Å². The van der Waals surface area contributed by atoms with Crippen molar-refractivity contribution in [1.82, 2.24) is 30.0 Å². The minimum atomic E-state index is -1.19. The van der Waals surface area contributed by atoms with E-state index >= 15 is 4.39 Å².